The van der Waals surface area contributed by atoms with E-state index in [1.165, 1.54) is 19.4 Å². The first-order chi connectivity index (χ1) is 12.4. The Balaban J connectivity index is 2.39. The molecule has 0 N–H and O–H groups in total. The van der Waals surface area contributed by atoms with E-state index in [1.54, 1.807) is 19.1 Å². The summed E-state index contributed by atoms with van der Waals surface area (Å²) in [5, 5.41) is 0. The zero-order valence-corrected chi connectivity index (χ0v) is 16.0. The highest BCUT2D eigenvalue weighted by Gasteiger charge is 2.46. The Morgan fingerprint density at radius 1 is 0.963 bits per heavy atom. The molecule has 1 heterocycles. The van der Waals surface area contributed by atoms with Crippen LogP contribution in [0.5, 0.6) is 0 Å². The van der Waals surface area contributed by atoms with Crippen molar-refractivity contribution >= 4 is 19.9 Å². The largest absolute Gasteiger partial charge is 0.501 e. The maximum Gasteiger partial charge on any atom is 0.501 e. The maximum atomic E-state index is 12.8. The normalized spacial score (nSPS) is 14.3. The first-order valence-electron chi connectivity index (χ1n) is 7.72. The fourth-order valence-electron chi connectivity index (χ4n) is 2.55. The average Bonchev–Trinajstić information content (AvgIpc) is 2.62. The van der Waals surface area contributed by atoms with Gasteiger partial charge < -0.3 is 0 Å². The van der Waals surface area contributed by atoms with Crippen molar-refractivity contribution in [1.29, 1.82) is 0 Å². The van der Waals surface area contributed by atoms with Gasteiger partial charge in [0.15, 0.2) is 0 Å². The number of alkyl halides is 3. The molecule has 0 saturated heterocycles. The summed E-state index contributed by atoms with van der Waals surface area (Å²) in [6, 6.07) is 5.79. The van der Waals surface area contributed by atoms with Gasteiger partial charge in [0.05, 0.1) is 9.79 Å². The van der Waals surface area contributed by atoms with Crippen LogP contribution in [0.15, 0.2) is 58.6 Å². The molecular weight excluding hydrogens is 405 g/mol. The molecule has 1 atom stereocenters. The summed E-state index contributed by atoms with van der Waals surface area (Å²) in [6.45, 7) is 1.79. The lowest BCUT2D eigenvalue weighted by Gasteiger charge is -2.27. The molecule has 2 aromatic rings. The van der Waals surface area contributed by atoms with Gasteiger partial charge in [0.25, 0.3) is 9.84 Å². The van der Waals surface area contributed by atoms with E-state index >= 15 is 0 Å². The molecule has 27 heavy (non-hydrogen) atoms. The topological polar surface area (TPSA) is 84.4 Å². The van der Waals surface area contributed by atoms with Crippen molar-refractivity contribution in [3.8, 4) is 0 Å². The molecule has 1 aromatic carbocycles. The number of hydrogen-bond donors (Lipinski definition) is 0. The number of pyridine rings is 1. The highest BCUT2D eigenvalue weighted by Crippen LogP contribution is 2.32. The van der Waals surface area contributed by atoms with Crippen LogP contribution >= 0.6 is 0 Å². The SMILES string of the molecule is CC[C@@H](c1ccncc1)N(C)S(=O)(=O)c1ccc(S(=O)(=O)C(F)(F)F)cc1. The van der Waals surface area contributed by atoms with E-state index in [0.717, 1.165) is 16.4 Å². The van der Waals surface area contributed by atoms with E-state index in [1.807, 2.05) is 0 Å². The summed E-state index contributed by atoms with van der Waals surface area (Å²) in [6.07, 6.45) is 3.49. The fourth-order valence-corrected chi connectivity index (χ4v) is 4.73. The second-order valence-corrected chi connectivity index (χ2v) is 9.59. The number of nitrogens with zero attached hydrogens (tertiary/aromatic N) is 2. The molecule has 11 heteroatoms. The Kier molecular flexibility index (Phi) is 5.97. The van der Waals surface area contributed by atoms with Gasteiger partial charge >= 0.3 is 5.51 Å². The quantitative estimate of drug-likeness (QED) is 0.714. The molecule has 1 aromatic heterocycles. The van der Waals surface area contributed by atoms with Crippen molar-refractivity contribution < 1.29 is 30.0 Å². The van der Waals surface area contributed by atoms with E-state index in [9.17, 15) is 30.0 Å². The smallest absolute Gasteiger partial charge is 0.265 e. The Labute approximate surface area is 155 Å². The number of hydrogen-bond acceptors (Lipinski definition) is 5. The van der Waals surface area contributed by atoms with E-state index in [2.05, 4.69) is 4.98 Å². The molecule has 0 amide bonds. The molecule has 0 unspecified atom stereocenters. The minimum absolute atomic E-state index is 0.307. The first kappa shape index (κ1) is 21.3. The monoisotopic (exact) mass is 422 g/mol. The summed E-state index contributed by atoms with van der Waals surface area (Å²) in [5.74, 6) is 0. The third-order valence-corrected chi connectivity index (χ3v) is 7.42. The Morgan fingerprint density at radius 3 is 1.89 bits per heavy atom. The van der Waals surface area contributed by atoms with E-state index in [4.69, 9.17) is 0 Å². The zero-order chi connectivity index (χ0) is 20.5. The molecule has 0 fully saturated rings. The Bertz CT molecular complexity index is 990. The van der Waals surface area contributed by atoms with E-state index in [-0.39, 0.29) is 4.90 Å². The molecule has 0 saturated carbocycles. The highest BCUT2D eigenvalue weighted by molar-refractivity contribution is 7.92. The van der Waals surface area contributed by atoms with Gasteiger partial charge in [-0.2, -0.15) is 17.5 Å². The fraction of sp³-hybridized carbons (Fsp3) is 0.312. The van der Waals surface area contributed by atoms with Crippen molar-refractivity contribution in [2.24, 2.45) is 0 Å². The molecule has 0 radical (unpaired) electrons. The minimum atomic E-state index is -5.54. The summed E-state index contributed by atoms with van der Waals surface area (Å²) < 4.78 is 87.3. The van der Waals surface area contributed by atoms with Gasteiger partial charge in [-0.25, -0.2) is 16.8 Å². The summed E-state index contributed by atoms with van der Waals surface area (Å²) >= 11 is 0. The number of rotatable bonds is 6. The molecular formula is C16H17F3N2O4S2. The highest BCUT2D eigenvalue weighted by atomic mass is 32.2. The number of halogens is 3. The Morgan fingerprint density at radius 2 is 1.44 bits per heavy atom. The molecule has 0 aliphatic carbocycles. The number of aromatic nitrogens is 1. The van der Waals surface area contributed by atoms with Crippen LogP contribution in [0.25, 0.3) is 0 Å². The molecule has 148 valence electrons. The third kappa shape index (κ3) is 4.14. The van der Waals surface area contributed by atoms with Crippen molar-refractivity contribution in [2.75, 3.05) is 7.05 Å². The van der Waals surface area contributed by atoms with Crippen LogP contribution in [-0.2, 0) is 19.9 Å². The van der Waals surface area contributed by atoms with Gasteiger partial charge in [0.1, 0.15) is 0 Å². The maximum absolute atomic E-state index is 12.8. The molecule has 0 spiro atoms. The summed E-state index contributed by atoms with van der Waals surface area (Å²) in [5.41, 5.74) is -4.76. The van der Waals surface area contributed by atoms with E-state index in [0.29, 0.717) is 24.1 Å². The van der Waals surface area contributed by atoms with Crippen molar-refractivity contribution in [3.05, 3.63) is 54.4 Å². The Hall–Kier alpha value is -1.98. The predicted molar refractivity (Wildman–Crippen MR) is 91.9 cm³/mol. The first-order valence-corrected chi connectivity index (χ1v) is 10.6. The second kappa shape index (κ2) is 7.56. The lowest BCUT2D eigenvalue weighted by atomic mass is 10.1. The van der Waals surface area contributed by atoms with Crippen LogP contribution in [0.1, 0.15) is 24.9 Å². The standard InChI is InChI=1S/C16H17F3N2O4S2/c1-3-15(12-8-10-20-11-9-12)21(2)27(24,25)14-6-4-13(5-7-14)26(22,23)16(17,18)19/h4-11,15H,3H2,1-2H3/t15-/m0/s1. The number of benzene rings is 1. The zero-order valence-electron chi connectivity index (χ0n) is 14.4. The molecule has 0 aliphatic rings. The van der Waals surface area contributed by atoms with Crippen molar-refractivity contribution in [1.82, 2.24) is 9.29 Å². The van der Waals surface area contributed by atoms with E-state index < -0.39 is 36.3 Å². The van der Waals surface area contributed by atoms with Gasteiger partial charge in [0.2, 0.25) is 10.0 Å². The molecule has 6 nitrogen and oxygen atoms in total. The third-order valence-electron chi connectivity index (χ3n) is 4.03. The van der Waals surface area contributed by atoms with Gasteiger partial charge in [-0.05, 0) is 48.4 Å². The van der Waals surface area contributed by atoms with Gasteiger partial charge in [-0.1, -0.05) is 6.92 Å². The average molecular weight is 422 g/mol. The van der Waals surface area contributed by atoms with Crippen LogP contribution in [0.3, 0.4) is 0 Å². The van der Waals surface area contributed by atoms with Crippen molar-refractivity contribution in [3.63, 3.8) is 0 Å². The van der Waals surface area contributed by atoms with Crippen LogP contribution in [0, 0.1) is 0 Å². The molecule has 0 bridgehead atoms. The van der Waals surface area contributed by atoms with Crippen molar-refractivity contribution in [2.45, 2.75) is 34.7 Å². The molecule has 0 aliphatic heterocycles. The van der Waals surface area contributed by atoms with Gasteiger partial charge in [-0.15, -0.1) is 0 Å². The van der Waals surface area contributed by atoms with Crippen LogP contribution in [0.4, 0.5) is 13.2 Å². The number of sulfone groups is 1. The molecule has 2 rings (SSSR count). The lowest BCUT2D eigenvalue weighted by molar-refractivity contribution is -0.0436. The summed E-state index contributed by atoms with van der Waals surface area (Å²) in [4.78, 5) is 2.55. The van der Waals surface area contributed by atoms with Gasteiger partial charge in [-0.3, -0.25) is 4.98 Å². The second-order valence-electron chi connectivity index (χ2n) is 5.65. The summed E-state index contributed by atoms with van der Waals surface area (Å²) in [7, 11) is -8.25. The van der Waals surface area contributed by atoms with Crippen LogP contribution in [0.2, 0.25) is 0 Å². The lowest BCUT2D eigenvalue weighted by Crippen LogP contribution is -2.31. The minimum Gasteiger partial charge on any atom is -0.265 e. The van der Waals surface area contributed by atoms with Crippen LogP contribution in [-0.4, -0.2) is 38.7 Å². The predicted octanol–water partition coefficient (Wildman–Crippen LogP) is 3.15. The van der Waals surface area contributed by atoms with Crippen LogP contribution < -0.4 is 0 Å². The number of sulfonamides is 1. The van der Waals surface area contributed by atoms with Gasteiger partial charge in [0, 0.05) is 25.5 Å².